The third-order valence-electron chi connectivity index (χ3n) is 2.26. The van der Waals surface area contributed by atoms with Crippen LogP contribution in [0.2, 0.25) is 0 Å². The Hall–Kier alpha value is -1.56. The van der Waals surface area contributed by atoms with Crippen molar-refractivity contribution in [1.29, 1.82) is 0 Å². The summed E-state index contributed by atoms with van der Waals surface area (Å²) in [7, 11) is 0. The number of rotatable bonds is 5. The molecule has 1 aromatic rings. The Balaban J connectivity index is 1.87. The summed E-state index contributed by atoms with van der Waals surface area (Å²) in [5.41, 5.74) is -0.00222. The Morgan fingerprint density at radius 3 is 2.94 bits per heavy atom. The van der Waals surface area contributed by atoms with E-state index in [-0.39, 0.29) is 11.6 Å². The van der Waals surface area contributed by atoms with Gasteiger partial charge in [0.2, 0.25) is 5.91 Å². The molecule has 2 N–H and O–H groups in total. The molecule has 1 fully saturated rings. The van der Waals surface area contributed by atoms with Crippen LogP contribution in [0.4, 0.5) is 0 Å². The molecule has 1 amide bonds. The average molecular weight is 252 g/mol. The van der Waals surface area contributed by atoms with Gasteiger partial charge in [-0.05, 0) is 25.0 Å². The van der Waals surface area contributed by atoms with Crippen molar-refractivity contribution in [1.82, 2.24) is 10.3 Å². The minimum absolute atomic E-state index is 0.00222. The summed E-state index contributed by atoms with van der Waals surface area (Å²) in [6.45, 7) is 0. The smallest absolute Gasteiger partial charge is 0.354 e. The Kier molecular flexibility index (Phi) is 3.63. The van der Waals surface area contributed by atoms with Gasteiger partial charge < -0.3 is 10.4 Å². The Bertz CT molecular complexity index is 446. The zero-order valence-corrected chi connectivity index (χ0v) is 9.87. The van der Waals surface area contributed by atoms with E-state index in [2.05, 4.69) is 10.3 Å². The Morgan fingerprint density at radius 1 is 1.53 bits per heavy atom. The molecule has 0 spiro atoms. The van der Waals surface area contributed by atoms with Gasteiger partial charge in [-0.2, -0.15) is 0 Å². The van der Waals surface area contributed by atoms with Gasteiger partial charge in [-0.25, -0.2) is 9.78 Å². The number of hydrogen-bond acceptors (Lipinski definition) is 4. The number of amides is 1. The van der Waals surface area contributed by atoms with E-state index >= 15 is 0 Å². The molecule has 5 nitrogen and oxygen atoms in total. The number of carbonyl (C=O) groups is 2. The average Bonchev–Trinajstić information content (AvgIpc) is 3.11. The minimum atomic E-state index is -1.06. The second kappa shape index (κ2) is 5.18. The highest BCUT2D eigenvalue weighted by atomic mass is 32.2. The molecule has 1 saturated carbocycles. The number of carboxylic acid groups (broad SMARTS) is 1. The molecule has 1 aliphatic carbocycles. The summed E-state index contributed by atoms with van der Waals surface area (Å²) in [6.07, 6.45) is 3.56. The maximum atomic E-state index is 11.4. The number of carboxylic acids is 1. The maximum Gasteiger partial charge on any atom is 0.354 e. The highest BCUT2D eigenvalue weighted by molar-refractivity contribution is 8.00. The SMILES string of the molecule is O=C(CSc1ccnc(C(=O)O)c1)NC1CC1. The van der Waals surface area contributed by atoms with E-state index in [1.807, 2.05) is 0 Å². The molecule has 1 aliphatic rings. The summed E-state index contributed by atoms with van der Waals surface area (Å²) in [4.78, 5) is 26.6. The summed E-state index contributed by atoms with van der Waals surface area (Å²) >= 11 is 1.31. The van der Waals surface area contributed by atoms with Gasteiger partial charge in [-0.1, -0.05) is 0 Å². The number of aromatic carboxylic acids is 1. The fourth-order valence-corrected chi connectivity index (χ4v) is 2.00. The zero-order chi connectivity index (χ0) is 12.3. The lowest BCUT2D eigenvalue weighted by Gasteiger charge is -2.03. The zero-order valence-electron chi connectivity index (χ0n) is 9.05. The van der Waals surface area contributed by atoms with Gasteiger partial charge in [-0.15, -0.1) is 11.8 Å². The number of hydrogen-bond donors (Lipinski definition) is 2. The molecule has 0 saturated heterocycles. The number of thioether (sulfide) groups is 1. The van der Waals surface area contributed by atoms with E-state index in [0.29, 0.717) is 11.8 Å². The second-order valence-electron chi connectivity index (χ2n) is 3.81. The first kappa shape index (κ1) is 11.9. The van der Waals surface area contributed by atoms with Crippen LogP contribution in [-0.2, 0) is 4.79 Å². The van der Waals surface area contributed by atoms with Gasteiger partial charge in [0, 0.05) is 17.1 Å². The standard InChI is InChI=1S/C11H12N2O3S/c14-10(13-7-1-2-7)6-17-8-3-4-12-9(5-8)11(15)16/h3-5,7H,1-2,6H2,(H,13,14)(H,15,16). The Labute approximate surface area is 103 Å². The van der Waals surface area contributed by atoms with Crippen LogP contribution in [0.25, 0.3) is 0 Å². The van der Waals surface area contributed by atoms with Gasteiger partial charge in [0.25, 0.3) is 0 Å². The van der Waals surface area contributed by atoms with Crippen molar-refractivity contribution < 1.29 is 14.7 Å². The fraction of sp³-hybridized carbons (Fsp3) is 0.364. The van der Waals surface area contributed by atoms with Gasteiger partial charge in [0.05, 0.1) is 5.75 Å². The molecule has 17 heavy (non-hydrogen) atoms. The van der Waals surface area contributed by atoms with E-state index < -0.39 is 5.97 Å². The third kappa shape index (κ3) is 3.74. The van der Waals surface area contributed by atoms with Crippen LogP contribution < -0.4 is 5.32 Å². The molecule has 1 heterocycles. The molecular formula is C11H12N2O3S. The van der Waals surface area contributed by atoms with Crippen LogP contribution in [0.15, 0.2) is 23.2 Å². The van der Waals surface area contributed by atoms with Gasteiger partial charge in [0.1, 0.15) is 5.69 Å². The highest BCUT2D eigenvalue weighted by Crippen LogP contribution is 2.21. The van der Waals surface area contributed by atoms with Crippen molar-refractivity contribution in [3.63, 3.8) is 0 Å². The highest BCUT2D eigenvalue weighted by Gasteiger charge is 2.22. The van der Waals surface area contributed by atoms with Crippen LogP contribution in [0.5, 0.6) is 0 Å². The second-order valence-corrected chi connectivity index (χ2v) is 4.86. The normalized spacial score (nSPS) is 14.4. The topological polar surface area (TPSA) is 79.3 Å². The lowest BCUT2D eigenvalue weighted by atomic mass is 10.3. The van der Waals surface area contributed by atoms with Crippen molar-refractivity contribution in [2.45, 2.75) is 23.8 Å². The molecule has 0 radical (unpaired) electrons. The molecule has 0 aliphatic heterocycles. The number of pyridine rings is 1. The van der Waals surface area contributed by atoms with Gasteiger partial charge in [-0.3, -0.25) is 4.79 Å². The first-order valence-electron chi connectivity index (χ1n) is 5.26. The number of aromatic nitrogens is 1. The van der Waals surface area contributed by atoms with E-state index in [9.17, 15) is 9.59 Å². The van der Waals surface area contributed by atoms with Crippen molar-refractivity contribution in [3.05, 3.63) is 24.0 Å². The first-order valence-corrected chi connectivity index (χ1v) is 6.25. The largest absolute Gasteiger partial charge is 0.477 e. The summed E-state index contributed by atoms with van der Waals surface area (Å²) < 4.78 is 0. The molecule has 0 atom stereocenters. The first-order chi connectivity index (χ1) is 8.15. The predicted molar refractivity (Wildman–Crippen MR) is 63.1 cm³/mol. The van der Waals surface area contributed by atoms with Gasteiger partial charge >= 0.3 is 5.97 Å². The number of nitrogens with one attached hydrogen (secondary N) is 1. The lowest BCUT2D eigenvalue weighted by molar-refractivity contribution is -0.118. The van der Waals surface area contributed by atoms with E-state index in [0.717, 1.165) is 17.7 Å². The third-order valence-corrected chi connectivity index (χ3v) is 3.26. The van der Waals surface area contributed by atoms with E-state index in [1.165, 1.54) is 24.0 Å². The predicted octanol–water partition coefficient (Wildman–Crippen LogP) is 1.15. The quantitative estimate of drug-likeness (QED) is 0.768. The van der Waals surface area contributed by atoms with Crippen molar-refractivity contribution in [2.24, 2.45) is 0 Å². The number of carbonyl (C=O) groups excluding carboxylic acids is 1. The molecule has 0 bridgehead atoms. The van der Waals surface area contributed by atoms with Crippen molar-refractivity contribution >= 4 is 23.6 Å². The molecule has 2 rings (SSSR count). The molecule has 0 unspecified atom stereocenters. The molecule has 6 heteroatoms. The molecular weight excluding hydrogens is 240 g/mol. The summed E-state index contributed by atoms with van der Waals surface area (Å²) in [6, 6.07) is 3.52. The van der Waals surface area contributed by atoms with Crippen LogP contribution in [0.1, 0.15) is 23.3 Å². The van der Waals surface area contributed by atoms with E-state index in [4.69, 9.17) is 5.11 Å². The summed E-state index contributed by atoms with van der Waals surface area (Å²) in [5.74, 6) is -0.763. The van der Waals surface area contributed by atoms with E-state index in [1.54, 1.807) is 6.07 Å². The van der Waals surface area contributed by atoms with Crippen molar-refractivity contribution in [3.8, 4) is 0 Å². The summed E-state index contributed by atoms with van der Waals surface area (Å²) in [5, 5.41) is 11.6. The molecule has 90 valence electrons. The molecule has 0 aromatic carbocycles. The van der Waals surface area contributed by atoms with Crippen LogP contribution in [-0.4, -0.2) is 33.8 Å². The Morgan fingerprint density at radius 2 is 2.29 bits per heavy atom. The number of nitrogens with zero attached hydrogens (tertiary/aromatic N) is 1. The maximum absolute atomic E-state index is 11.4. The van der Waals surface area contributed by atoms with Crippen LogP contribution >= 0.6 is 11.8 Å². The molecule has 1 aromatic heterocycles. The van der Waals surface area contributed by atoms with Crippen molar-refractivity contribution in [2.75, 3.05) is 5.75 Å². The minimum Gasteiger partial charge on any atom is -0.477 e. The van der Waals surface area contributed by atoms with Gasteiger partial charge in [0.15, 0.2) is 0 Å². The lowest BCUT2D eigenvalue weighted by Crippen LogP contribution is -2.26. The van der Waals surface area contributed by atoms with Crippen LogP contribution in [0, 0.1) is 0 Å². The monoisotopic (exact) mass is 252 g/mol. The van der Waals surface area contributed by atoms with Crippen LogP contribution in [0.3, 0.4) is 0 Å². The fourth-order valence-electron chi connectivity index (χ4n) is 1.26.